The van der Waals surface area contributed by atoms with E-state index in [1.54, 1.807) is 48.5 Å². The third-order valence-corrected chi connectivity index (χ3v) is 6.14. The van der Waals surface area contributed by atoms with Crippen molar-refractivity contribution >= 4 is 32.4 Å². The molecule has 1 heterocycles. The predicted molar refractivity (Wildman–Crippen MR) is 118 cm³/mol. The van der Waals surface area contributed by atoms with Crippen LogP contribution in [0, 0.1) is 0 Å². The van der Waals surface area contributed by atoms with E-state index in [0.29, 0.717) is 22.1 Å². The number of fused-ring (bicyclic) bond motifs is 1. The molecule has 4 aromatic rings. The van der Waals surface area contributed by atoms with Crippen LogP contribution in [0.3, 0.4) is 0 Å². The van der Waals surface area contributed by atoms with Crippen LogP contribution in [0.1, 0.15) is 10.5 Å². The van der Waals surface area contributed by atoms with Gasteiger partial charge in [0.15, 0.2) is 5.69 Å². The summed E-state index contributed by atoms with van der Waals surface area (Å²) in [6.07, 6.45) is 0. The first-order chi connectivity index (χ1) is 14.9. The smallest absolute Gasteiger partial charge is 0.279 e. The van der Waals surface area contributed by atoms with Crippen LogP contribution in [0.5, 0.6) is 0 Å². The summed E-state index contributed by atoms with van der Waals surface area (Å²) in [6.45, 7) is 0. The average Bonchev–Trinajstić information content (AvgIpc) is 2.80. The number of rotatable bonds is 5. The molecule has 0 saturated carbocycles. The maximum Gasteiger partial charge on any atom is 0.279 e. The fourth-order valence-corrected chi connectivity index (χ4v) is 3.86. The van der Waals surface area contributed by atoms with Gasteiger partial charge in [-0.3, -0.25) is 9.59 Å². The van der Waals surface area contributed by atoms with Crippen LogP contribution >= 0.6 is 0 Å². The molecule has 9 heteroatoms. The summed E-state index contributed by atoms with van der Waals surface area (Å²) < 4.78 is 27.2. The Hall–Kier alpha value is -3.82. The van der Waals surface area contributed by atoms with Gasteiger partial charge in [-0.15, -0.1) is 0 Å². The lowest BCUT2D eigenvalue weighted by Crippen LogP contribution is -2.26. The molecule has 2 N–H and O–H groups in total. The molecule has 0 aliphatic rings. The zero-order valence-corrected chi connectivity index (χ0v) is 17.3. The van der Waals surface area contributed by atoms with Crippen molar-refractivity contribution in [2.75, 3.05) is 12.4 Å². The van der Waals surface area contributed by atoms with E-state index < -0.39 is 15.9 Å². The first-order valence-corrected chi connectivity index (χ1v) is 10.8. The average molecular weight is 434 g/mol. The van der Waals surface area contributed by atoms with Crippen molar-refractivity contribution in [3.63, 3.8) is 0 Å². The molecule has 0 unspecified atom stereocenters. The van der Waals surface area contributed by atoms with Crippen LogP contribution in [-0.4, -0.2) is 31.2 Å². The number of carbonyl (C=O) groups is 1. The molecule has 4 rings (SSSR count). The third-order valence-electron chi connectivity index (χ3n) is 4.71. The van der Waals surface area contributed by atoms with Gasteiger partial charge >= 0.3 is 0 Å². The highest BCUT2D eigenvalue weighted by Gasteiger charge is 2.18. The molecule has 0 fully saturated rings. The van der Waals surface area contributed by atoms with Crippen LogP contribution in [0.4, 0.5) is 5.69 Å². The summed E-state index contributed by atoms with van der Waals surface area (Å²) >= 11 is 0. The molecular weight excluding hydrogens is 416 g/mol. The number of sulfonamides is 1. The van der Waals surface area contributed by atoms with Crippen molar-refractivity contribution in [1.82, 2.24) is 14.5 Å². The van der Waals surface area contributed by atoms with Gasteiger partial charge in [-0.2, -0.15) is 9.78 Å². The van der Waals surface area contributed by atoms with Crippen molar-refractivity contribution in [3.8, 4) is 5.69 Å². The second-order valence-corrected chi connectivity index (χ2v) is 8.52. The monoisotopic (exact) mass is 434 g/mol. The highest BCUT2D eigenvalue weighted by molar-refractivity contribution is 7.89. The van der Waals surface area contributed by atoms with Crippen molar-refractivity contribution < 1.29 is 13.2 Å². The molecule has 3 aromatic carbocycles. The third kappa shape index (κ3) is 3.96. The number of amides is 1. The molecule has 31 heavy (non-hydrogen) atoms. The Labute approximate surface area is 178 Å². The maximum atomic E-state index is 13.0. The Morgan fingerprint density at radius 1 is 0.871 bits per heavy atom. The second-order valence-electron chi connectivity index (χ2n) is 6.63. The first kappa shape index (κ1) is 20.5. The number of anilines is 1. The fraction of sp³-hybridized carbons (Fsp3) is 0.0455. The molecule has 0 bridgehead atoms. The van der Waals surface area contributed by atoms with Crippen molar-refractivity contribution in [2.45, 2.75) is 4.90 Å². The molecule has 1 amide bonds. The molecular formula is C22H18N4O4S. The highest BCUT2D eigenvalue weighted by Crippen LogP contribution is 2.18. The Balaban J connectivity index is 1.76. The van der Waals surface area contributed by atoms with Gasteiger partial charge < -0.3 is 5.32 Å². The van der Waals surface area contributed by atoms with Gasteiger partial charge in [0.05, 0.1) is 16.0 Å². The van der Waals surface area contributed by atoms with Crippen LogP contribution in [0.25, 0.3) is 16.5 Å². The largest absolute Gasteiger partial charge is 0.321 e. The van der Waals surface area contributed by atoms with Crippen molar-refractivity contribution in [1.29, 1.82) is 0 Å². The van der Waals surface area contributed by atoms with Gasteiger partial charge in [0.25, 0.3) is 11.5 Å². The van der Waals surface area contributed by atoms with Crippen molar-refractivity contribution in [2.24, 2.45) is 0 Å². The topological polar surface area (TPSA) is 110 Å². The molecule has 156 valence electrons. The number of aromatic nitrogens is 2. The summed E-state index contributed by atoms with van der Waals surface area (Å²) in [7, 11) is -2.26. The molecule has 0 radical (unpaired) electrons. The number of para-hydroxylation sites is 1. The molecule has 0 atom stereocenters. The van der Waals surface area contributed by atoms with Gasteiger partial charge in [0.2, 0.25) is 10.0 Å². The van der Waals surface area contributed by atoms with Crippen LogP contribution in [-0.2, 0) is 10.0 Å². The standard InChI is InChI=1S/C22H18N4O4S/c1-23-31(29,30)17-13-11-15(12-14-17)24-21(27)20-18-9-5-6-10-19(18)22(28)26(25-20)16-7-3-2-4-8-16/h2-14,23H,1H3,(H,24,27). The summed E-state index contributed by atoms with van der Waals surface area (Å²) in [5, 5.41) is 7.82. The normalized spacial score (nSPS) is 11.4. The minimum absolute atomic E-state index is 0.0750. The van der Waals surface area contributed by atoms with E-state index in [0.717, 1.165) is 0 Å². The Bertz CT molecular complexity index is 1430. The summed E-state index contributed by atoms with van der Waals surface area (Å²) in [5.74, 6) is -0.523. The lowest BCUT2D eigenvalue weighted by atomic mass is 10.1. The van der Waals surface area contributed by atoms with Crippen LogP contribution in [0.2, 0.25) is 0 Å². The number of nitrogens with zero attached hydrogens (tertiary/aromatic N) is 2. The minimum atomic E-state index is -3.58. The lowest BCUT2D eigenvalue weighted by Gasteiger charge is -2.11. The van der Waals surface area contributed by atoms with Crippen molar-refractivity contribution in [3.05, 3.63) is 94.9 Å². The zero-order chi connectivity index (χ0) is 22.0. The highest BCUT2D eigenvalue weighted by atomic mass is 32.2. The molecule has 0 aliphatic heterocycles. The minimum Gasteiger partial charge on any atom is -0.321 e. The van der Waals surface area contributed by atoms with E-state index in [4.69, 9.17) is 0 Å². The second kappa shape index (κ2) is 8.13. The van der Waals surface area contributed by atoms with Crippen LogP contribution in [0.15, 0.2) is 88.6 Å². The van der Waals surface area contributed by atoms with Gasteiger partial charge in [0.1, 0.15) is 0 Å². The Morgan fingerprint density at radius 3 is 2.13 bits per heavy atom. The van der Waals surface area contributed by atoms with E-state index in [9.17, 15) is 18.0 Å². The quantitative estimate of drug-likeness (QED) is 0.502. The van der Waals surface area contributed by atoms with E-state index >= 15 is 0 Å². The number of carbonyl (C=O) groups excluding carboxylic acids is 1. The molecule has 0 saturated heterocycles. The Morgan fingerprint density at radius 2 is 1.48 bits per heavy atom. The summed E-state index contributed by atoms with van der Waals surface area (Å²) in [6, 6.07) is 21.3. The number of hydrogen-bond donors (Lipinski definition) is 2. The molecule has 0 spiro atoms. The zero-order valence-electron chi connectivity index (χ0n) is 16.4. The van der Waals surface area contributed by atoms with Gasteiger partial charge in [0, 0.05) is 11.1 Å². The summed E-state index contributed by atoms with van der Waals surface area (Å²) in [5.41, 5.74) is 0.670. The maximum absolute atomic E-state index is 13.0. The Kier molecular flexibility index (Phi) is 5.37. The molecule has 8 nitrogen and oxygen atoms in total. The van der Waals surface area contributed by atoms with Gasteiger partial charge in [-0.1, -0.05) is 36.4 Å². The predicted octanol–water partition coefficient (Wildman–Crippen LogP) is 2.55. The molecule has 0 aliphatic carbocycles. The summed E-state index contributed by atoms with van der Waals surface area (Å²) in [4.78, 5) is 26.0. The first-order valence-electron chi connectivity index (χ1n) is 9.33. The number of nitrogens with one attached hydrogen (secondary N) is 2. The van der Waals surface area contributed by atoms with Gasteiger partial charge in [-0.05, 0) is 49.5 Å². The number of benzene rings is 3. The fourth-order valence-electron chi connectivity index (χ4n) is 3.13. The molecule has 1 aromatic heterocycles. The van der Waals surface area contributed by atoms with E-state index in [1.807, 2.05) is 6.07 Å². The van der Waals surface area contributed by atoms with E-state index in [1.165, 1.54) is 36.0 Å². The lowest BCUT2D eigenvalue weighted by molar-refractivity contribution is 0.102. The SMILES string of the molecule is CNS(=O)(=O)c1ccc(NC(=O)c2nn(-c3ccccc3)c(=O)c3ccccc23)cc1. The van der Waals surface area contributed by atoms with Crippen LogP contribution < -0.4 is 15.6 Å². The van der Waals surface area contributed by atoms with Gasteiger partial charge in [-0.25, -0.2) is 13.1 Å². The van der Waals surface area contributed by atoms with E-state index in [-0.39, 0.29) is 16.1 Å². The number of hydrogen-bond acceptors (Lipinski definition) is 5. The van der Waals surface area contributed by atoms with E-state index in [2.05, 4.69) is 15.1 Å².